The lowest BCUT2D eigenvalue weighted by molar-refractivity contribution is -0.145. The second-order valence-electron chi connectivity index (χ2n) is 7.36. The maximum Gasteiger partial charge on any atom is 0.410 e. The van der Waals surface area contributed by atoms with Crippen LogP contribution in [0, 0.1) is 0 Å². The topological polar surface area (TPSA) is 87.2 Å². The van der Waals surface area contributed by atoms with Crippen LogP contribution in [0.2, 0.25) is 0 Å². The van der Waals surface area contributed by atoms with Crippen LogP contribution in [0.5, 0.6) is 0 Å². The fraction of sp³-hybridized carbons (Fsp3) is 0.550. The first-order chi connectivity index (χ1) is 14.5. The summed E-state index contributed by atoms with van der Waals surface area (Å²) in [5.74, 6) is -0.970. The van der Waals surface area contributed by atoms with Crippen molar-refractivity contribution >= 4 is 64.4 Å². The van der Waals surface area contributed by atoms with Gasteiger partial charge in [-0.15, -0.1) is 0 Å². The summed E-state index contributed by atoms with van der Waals surface area (Å²) in [6.07, 6.45) is 1.60. The van der Waals surface area contributed by atoms with E-state index in [4.69, 9.17) is 56.2 Å². The van der Waals surface area contributed by atoms with E-state index in [2.05, 4.69) is 0 Å². The van der Waals surface area contributed by atoms with Crippen molar-refractivity contribution in [3.63, 3.8) is 0 Å². The molecular formula is C20H24Cl4N2O5. The number of hydrogen-bond donors (Lipinski definition) is 1. The first kappa shape index (κ1) is 25.8. The predicted molar refractivity (Wildman–Crippen MR) is 119 cm³/mol. The Morgan fingerprint density at radius 2 is 1.77 bits per heavy atom. The van der Waals surface area contributed by atoms with Crippen LogP contribution in [0.15, 0.2) is 30.3 Å². The van der Waals surface area contributed by atoms with Crippen LogP contribution < -0.4 is 0 Å². The zero-order valence-corrected chi connectivity index (χ0v) is 19.9. The molecule has 11 heteroatoms. The van der Waals surface area contributed by atoms with Crippen LogP contribution in [-0.4, -0.2) is 60.8 Å². The van der Waals surface area contributed by atoms with Crippen LogP contribution in [0.25, 0.3) is 0 Å². The molecule has 31 heavy (non-hydrogen) atoms. The van der Waals surface area contributed by atoms with E-state index >= 15 is 0 Å². The Morgan fingerprint density at radius 1 is 1.16 bits per heavy atom. The zero-order valence-electron chi connectivity index (χ0n) is 16.8. The number of aliphatic carboxylic acids is 1. The second-order valence-corrected chi connectivity index (χ2v) is 10.8. The van der Waals surface area contributed by atoms with Gasteiger partial charge in [0.1, 0.15) is 12.6 Å². The molecule has 3 rings (SSSR count). The van der Waals surface area contributed by atoms with Crippen LogP contribution in [0.1, 0.15) is 38.2 Å². The molecule has 0 saturated carbocycles. The molecule has 2 saturated heterocycles. The third-order valence-electron chi connectivity index (χ3n) is 5.24. The number of alkyl halides is 4. The number of nitrogens with zero attached hydrogens (tertiary/aromatic N) is 2. The van der Waals surface area contributed by atoms with Crippen molar-refractivity contribution in [3.8, 4) is 0 Å². The van der Waals surface area contributed by atoms with Crippen molar-refractivity contribution in [3.05, 3.63) is 35.9 Å². The van der Waals surface area contributed by atoms with E-state index in [-0.39, 0.29) is 31.0 Å². The molecule has 0 unspecified atom stereocenters. The molecule has 0 radical (unpaired) electrons. The Morgan fingerprint density at radius 3 is 2.35 bits per heavy atom. The first-order valence-electron chi connectivity index (χ1n) is 9.74. The summed E-state index contributed by atoms with van der Waals surface area (Å²) in [6, 6.07) is 8.71. The van der Waals surface area contributed by atoms with Crippen molar-refractivity contribution in [1.82, 2.24) is 9.80 Å². The largest absolute Gasteiger partial charge is 0.481 e. The van der Waals surface area contributed by atoms with Gasteiger partial charge >= 0.3 is 12.1 Å². The molecule has 2 heterocycles. The van der Waals surface area contributed by atoms with Gasteiger partial charge in [-0.3, -0.25) is 14.5 Å². The SMILES string of the molecule is C[C@H]1C(=O)N2[C@@H](CCC(=O)O)CC[C@H]2CN1C(=O)OCc1ccccc1.ClC(Cl)(Cl)Cl. The molecule has 0 aliphatic carbocycles. The van der Waals surface area contributed by atoms with Crippen LogP contribution in [0.3, 0.4) is 0 Å². The molecule has 172 valence electrons. The van der Waals surface area contributed by atoms with E-state index in [1.54, 1.807) is 11.8 Å². The lowest BCUT2D eigenvalue weighted by atomic mass is 10.1. The number of carboxylic acid groups (broad SMARTS) is 1. The minimum atomic E-state index is -1.61. The van der Waals surface area contributed by atoms with E-state index < -0.39 is 21.4 Å². The number of rotatable bonds is 5. The third kappa shape index (κ3) is 8.22. The van der Waals surface area contributed by atoms with Gasteiger partial charge in [0, 0.05) is 25.0 Å². The Hall–Kier alpha value is -1.41. The number of fused-ring (bicyclic) bond motifs is 1. The number of carbonyl (C=O) groups excluding carboxylic acids is 2. The Balaban J connectivity index is 0.000000614. The number of halogens is 4. The number of piperazine rings is 1. The normalized spacial score (nSPS) is 23.0. The van der Waals surface area contributed by atoms with Crippen molar-refractivity contribution in [2.75, 3.05) is 6.54 Å². The third-order valence-corrected chi connectivity index (χ3v) is 5.24. The highest BCUT2D eigenvalue weighted by atomic mass is 35.6. The lowest BCUT2D eigenvalue weighted by Gasteiger charge is -2.43. The molecule has 1 aromatic rings. The number of amides is 2. The molecule has 2 fully saturated rings. The summed E-state index contributed by atoms with van der Waals surface area (Å²) in [6.45, 7) is 2.31. The van der Waals surface area contributed by atoms with Crippen molar-refractivity contribution in [2.45, 2.75) is 60.6 Å². The number of carboxylic acids is 1. The Labute approximate surface area is 201 Å². The van der Waals surface area contributed by atoms with Gasteiger partial charge in [0.15, 0.2) is 0 Å². The molecule has 2 aliphatic heterocycles. The zero-order chi connectivity index (χ0) is 23.2. The van der Waals surface area contributed by atoms with Gasteiger partial charge in [-0.2, -0.15) is 0 Å². The lowest BCUT2D eigenvalue weighted by Crippen LogP contribution is -2.61. The summed E-state index contributed by atoms with van der Waals surface area (Å²) in [5.41, 5.74) is 0.896. The van der Waals surface area contributed by atoms with Gasteiger partial charge in [0.25, 0.3) is 3.25 Å². The van der Waals surface area contributed by atoms with Gasteiger partial charge in [-0.25, -0.2) is 4.79 Å². The smallest absolute Gasteiger partial charge is 0.410 e. The standard InChI is InChI=1S/C19H24N2O5.CCl4/c1-13-18(24)21-15(9-10-17(22)23)7-8-16(21)11-20(13)19(25)26-12-14-5-3-2-4-6-14;2-1(3,4)5/h2-6,13,15-16H,7-12H2,1H3,(H,22,23);/t13-,15+,16-;/m0./s1. The van der Waals surface area contributed by atoms with E-state index in [1.807, 2.05) is 30.3 Å². The monoisotopic (exact) mass is 512 g/mol. The minimum Gasteiger partial charge on any atom is -0.481 e. The van der Waals surface area contributed by atoms with Gasteiger partial charge in [0.2, 0.25) is 5.91 Å². The fourth-order valence-electron chi connectivity index (χ4n) is 3.84. The van der Waals surface area contributed by atoms with Gasteiger partial charge in [0.05, 0.1) is 0 Å². The highest BCUT2D eigenvalue weighted by Gasteiger charge is 2.46. The minimum absolute atomic E-state index is 0.0476. The molecule has 0 spiro atoms. The molecule has 7 nitrogen and oxygen atoms in total. The van der Waals surface area contributed by atoms with E-state index in [0.29, 0.717) is 13.0 Å². The maximum absolute atomic E-state index is 12.8. The van der Waals surface area contributed by atoms with Crippen molar-refractivity contribution in [1.29, 1.82) is 0 Å². The highest BCUT2D eigenvalue weighted by Crippen LogP contribution is 2.33. The number of benzene rings is 1. The highest BCUT2D eigenvalue weighted by molar-refractivity contribution is 6.83. The molecule has 3 atom stereocenters. The van der Waals surface area contributed by atoms with Gasteiger partial charge < -0.3 is 14.7 Å². The number of hydrogen-bond acceptors (Lipinski definition) is 4. The van der Waals surface area contributed by atoms with Crippen molar-refractivity contribution in [2.24, 2.45) is 0 Å². The molecule has 2 amide bonds. The maximum atomic E-state index is 12.8. The summed E-state index contributed by atoms with van der Waals surface area (Å²) in [5, 5.41) is 8.88. The summed E-state index contributed by atoms with van der Waals surface area (Å²) in [4.78, 5) is 39.4. The Bertz CT molecular complexity index is 769. The molecule has 0 aromatic heterocycles. The molecular weight excluding hydrogens is 490 g/mol. The van der Waals surface area contributed by atoms with E-state index in [1.165, 1.54) is 4.90 Å². The van der Waals surface area contributed by atoms with Crippen LogP contribution in [-0.2, 0) is 20.9 Å². The van der Waals surface area contributed by atoms with Crippen LogP contribution >= 0.6 is 46.4 Å². The van der Waals surface area contributed by atoms with Gasteiger partial charge in [-0.05, 0) is 31.7 Å². The molecule has 1 aromatic carbocycles. The quantitative estimate of drug-likeness (QED) is 0.571. The summed E-state index contributed by atoms with van der Waals surface area (Å²) < 4.78 is 3.77. The van der Waals surface area contributed by atoms with Gasteiger partial charge in [-0.1, -0.05) is 76.7 Å². The molecule has 0 bridgehead atoms. The summed E-state index contributed by atoms with van der Waals surface area (Å²) in [7, 11) is 0. The average molecular weight is 514 g/mol. The predicted octanol–water partition coefficient (Wildman–Crippen LogP) is 4.80. The molecule has 1 N–H and O–H groups in total. The fourth-order valence-corrected chi connectivity index (χ4v) is 3.84. The number of ether oxygens (including phenoxy) is 1. The number of carbonyl (C=O) groups is 3. The summed E-state index contributed by atoms with van der Waals surface area (Å²) >= 11 is 19.3. The average Bonchev–Trinajstić information content (AvgIpc) is 3.10. The van der Waals surface area contributed by atoms with Crippen molar-refractivity contribution < 1.29 is 24.2 Å². The van der Waals surface area contributed by atoms with E-state index in [9.17, 15) is 14.4 Å². The van der Waals surface area contributed by atoms with Crippen LogP contribution in [0.4, 0.5) is 4.79 Å². The first-order valence-corrected chi connectivity index (χ1v) is 11.3. The van der Waals surface area contributed by atoms with E-state index in [0.717, 1.165) is 18.4 Å². The Kier molecular flexibility index (Phi) is 9.55. The second kappa shape index (κ2) is 11.5. The molecule has 2 aliphatic rings.